The Bertz CT molecular complexity index is 1510. The van der Waals surface area contributed by atoms with E-state index in [0.717, 1.165) is 21.9 Å². The van der Waals surface area contributed by atoms with Gasteiger partial charge in [-0.3, -0.25) is 30.6 Å². The average Bonchev–Trinajstić information content (AvgIpc) is 2.91. The number of benzene rings is 4. The minimum atomic E-state index is -0.459. The Morgan fingerprint density at radius 2 is 1.46 bits per heavy atom. The monoisotopic (exact) mass is 508 g/mol. The number of nitrogens with one attached hydrogen (secondary N) is 4. The second-order valence-electron chi connectivity index (χ2n) is 8.15. The first-order valence-electron chi connectivity index (χ1n) is 11.4. The van der Waals surface area contributed by atoms with E-state index in [0.29, 0.717) is 16.8 Å². The van der Waals surface area contributed by atoms with Crippen molar-refractivity contribution in [2.75, 3.05) is 5.32 Å². The first kappa shape index (κ1) is 25.3. The molecule has 4 rings (SSSR count). The maximum absolute atomic E-state index is 12.5. The van der Waals surface area contributed by atoms with Gasteiger partial charge in [0.1, 0.15) is 0 Å². The maximum atomic E-state index is 12.5. The van der Waals surface area contributed by atoms with Gasteiger partial charge in [0, 0.05) is 22.9 Å². The lowest BCUT2D eigenvalue weighted by Crippen LogP contribution is -2.48. The van der Waals surface area contributed by atoms with E-state index in [1.807, 2.05) is 61.5 Å². The smallest absolute Gasteiger partial charge is 0.269 e. The number of rotatable bonds is 5. The molecule has 4 N–H and O–H groups in total. The Labute approximate surface area is 219 Å². The molecule has 0 radical (unpaired) electrons. The number of hydrogen-bond donors (Lipinski definition) is 4. The zero-order chi connectivity index (χ0) is 26.2. The summed E-state index contributed by atoms with van der Waals surface area (Å²) in [6.07, 6.45) is 3.08. The molecule has 0 aliphatic rings. The van der Waals surface area contributed by atoms with Gasteiger partial charge in [0.2, 0.25) is 5.91 Å². The van der Waals surface area contributed by atoms with Crippen molar-refractivity contribution in [2.24, 2.45) is 0 Å². The Morgan fingerprint density at radius 1 is 0.757 bits per heavy atom. The SMILES string of the molecule is Cc1ccccc1C(=O)Nc1ccc(C(=O)NNC(=S)NC(=O)C=Cc2cccc3ccccc23)cc1. The summed E-state index contributed by atoms with van der Waals surface area (Å²) in [4.78, 5) is 37.1. The van der Waals surface area contributed by atoms with Crippen LogP contribution in [0.3, 0.4) is 0 Å². The standard InChI is InChI=1S/C29H24N4O3S/c1-19-7-2-4-11-24(19)28(36)30-23-16-13-22(14-17-23)27(35)32-33-29(37)31-26(34)18-15-21-10-6-9-20-8-3-5-12-25(20)21/h2-18H,1H3,(H,30,36)(H,32,35)(H2,31,33,34,37). The molecule has 0 atom stereocenters. The molecule has 0 aliphatic heterocycles. The fourth-order valence-electron chi connectivity index (χ4n) is 3.66. The second kappa shape index (κ2) is 11.7. The molecular weight excluding hydrogens is 484 g/mol. The fraction of sp³-hybridized carbons (Fsp3) is 0.0345. The van der Waals surface area contributed by atoms with Gasteiger partial charge in [-0.05, 0) is 77.4 Å². The van der Waals surface area contributed by atoms with Crippen molar-refractivity contribution in [2.45, 2.75) is 6.92 Å². The highest BCUT2D eigenvalue weighted by molar-refractivity contribution is 7.80. The third kappa shape index (κ3) is 6.65. The number of amides is 3. The van der Waals surface area contributed by atoms with E-state index >= 15 is 0 Å². The Hall–Kier alpha value is -4.82. The molecule has 0 heterocycles. The molecule has 0 saturated heterocycles. The van der Waals surface area contributed by atoms with Crippen LogP contribution in [-0.2, 0) is 4.79 Å². The van der Waals surface area contributed by atoms with Crippen LogP contribution in [0.25, 0.3) is 16.8 Å². The number of carbonyl (C=O) groups excluding carboxylic acids is 3. The molecule has 0 fully saturated rings. The van der Waals surface area contributed by atoms with Crippen molar-refractivity contribution < 1.29 is 14.4 Å². The van der Waals surface area contributed by atoms with Crippen LogP contribution in [0.15, 0.2) is 97.1 Å². The van der Waals surface area contributed by atoms with Crippen LogP contribution in [0.1, 0.15) is 31.8 Å². The van der Waals surface area contributed by atoms with Crippen LogP contribution < -0.4 is 21.5 Å². The molecule has 184 valence electrons. The quantitative estimate of drug-likeness (QED) is 0.177. The predicted molar refractivity (Wildman–Crippen MR) is 150 cm³/mol. The molecule has 4 aromatic rings. The maximum Gasteiger partial charge on any atom is 0.269 e. The van der Waals surface area contributed by atoms with Gasteiger partial charge < -0.3 is 5.32 Å². The van der Waals surface area contributed by atoms with E-state index in [4.69, 9.17) is 12.2 Å². The lowest BCUT2D eigenvalue weighted by atomic mass is 10.0. The van der Waals surface area contributed by atoms with Gasteiger partial charge in [0.25, 0.3) is 11.8 Å². The summed E-state index contributed by atoms with van der Waals surface area (Å²) in [7, 11) is 0. The largest absolute Gasteiger partial charge is 0.322 e. The number of thiocarbonyl (C=S) groups is 1. The highest BCUT2D eigenvalue weighted by atomic mass is 32.1. The van der Waals surface area contributed by atoms with E-state index in [2.05, 4.69) is 21.5 Å². The van der Waals surface area contributed by atoms with Crippen LogP contribution in [0.4, 0.5) is 5.69 Å². The van der Waals surface area contributed by atoms with Crippen molar-refractivity contribution in [1.82, 2.24) is 16.2 Å². The van der Waals surface area contributed by atoms with Crippen molar-refractivity contribution in [3.8, 4) is 0 Å². The van der Waals surface area contributed by atoms with E-state index in [9.17, 15) is 14.4 Å². The van der Waals surface area contributed by atoms with Gasteiger partial charge in [-0.15, -0.1) is 0 Å². The summed E-state index contributed by atoms with van der Waals surface area (Å²) in [5.74, 6) is -1.12. The van der Waals surface area contributed by atoms with Gasteiger partial charge in [0.05, 0.1) is 0 Å². The van der Waals surface area contributed by atoms with E-state index in [1.165, 1.54) is 6.08 Å². The molecule has 0 aromatic heterocycles. The third-order valence-corrected chi connectivity index (χ3v) is 5.76. The van der Waals surface area contributed by atoms with Crippen LogP contribution in [0.2, 0.25) is 0 Å². The molecule has 37 heavy (non-hydrogen) atoms. The van der Waals surface area contributed by atoms with Gasteiger partial charge in [-0.1, -0.05) is 60.7 Å². The summed E-state index contributed by atoms with van der Waals surface area (Å²) in [5, 5.41) is 7.35. The van der Waals surface area contributed by atoms with Crippen molar-refractivity contribution >= 4 is 57.6 Å². The van der Waals surface area contributed by atoms with Crippen molar-refractivity contribution in [1.29, 1.82) is 0 Å². The molecule has 3 amide bonds. The molecule has 8 heteroatoms. The highest BCUT2D eigenvalue weighted by Crippen LogP contribution is 2.19. The zero-order valence-corrected chi connectivity index (χ0v) is 20.8. The predicted octanol–water partition coefficient (Wildman–Crippen LogP) is 4.75. The lowest BCUT2D eigenvalue weighted by Gasteiger charge is -2.11. The van der Waals surface area contributed by atoms with Gasteiger partial charge in [0.15, 0.2) is 5.11 Å². The number of carbonyl (C=O) groups is 3. The number of hydrogen-bond acceptors (Lipinski definition) is 4. The topological polar surface area (TPSA) is 99.3 Å². The third-order valence-electron chi connectivity index (χ3n) is 5.56. The first-order valence-corrected chi connectivity index (χ1v) is 11.9. The summed E-state index contributed by atoms with van der Waals surface area (Å²) >= 11 is 5.09. The second-order valence-corrected chi connectivity index (χ2v) is 8.55. The molecular formula is C29H24N4O3S. The molecule has 0 spiro atoms. The number of anilines is 1. The summed E-state index contributed by atoms with van der Waals surface area (Å²) in [6.45, 7) is 1.86. The Morgan fingerprint density at radius 3 is 2.24 bits per heavy atom. The molecule has 0 bridgehead atoms. The summed E-state index contributed by atoms with van der Waals surface area (Å²) in [6, 6.07) is 27.4. The average molecular weight is 509 g/mol. The van der Waals surface area contributed by atoms with E-state index in [1.54, 1.807) is 42.5 Å². The number of aryl methyl sites for hydroxylation is 1. The van der Waals surface area contributed by atoms with Gasteiger partial charge in [-0.2, -0.15) is 0 Å². The summed E-state index contributed by atoms with van der Waals surface area (Å²) < 4.78 is 0. The van der Waals surface area contributed by atoms with Crippen molar-refractivity contribution in [3.05, 3.63) is 119 Å². The van der Waals surface area contributed by atoms with E-state index in [-0.39, 0.29) is 11.0 Å². The molecule has 0 aliphatic carbocycles. The highest BCUT2D eigenvalue weighted by Gasteiger charge is 2.10. The minimum Gasteiger partial charge on any atom is -0.322 e. The van der Waals surface area contributed by atoms with Crippen LogP contribution in [-0.4, -0.2) is 22.8 Å². The number of fused-ring (bicyclic) bond motifs is 1. The zero-order valence-electron chi connectivity index (χ0n) is 19.9. The Balaban J connectivity index is 1.26. The minimum absolute atomic E-state index is 0.0527. The van der Waals surface area contributed by atoms with E-state index < -0.39 is 11.8 Å². The molecule has 4 aromatic carbocycles. The molecule has 7 nitrogen and oxygen atoms in total. The first-order chi connectivity index (χ1) is 17.9. The van der Waals surface area contributed by atoms with Crippen LogP contribution in [0, 0.1) is 6.92 Å². The molecule has 0 unspecified atom stereocenters. The van der Waals surface area contributed by atoms with Gasteiger partial charge >= 0.3 is 0 Å². The fourth-order valence-corrected chi connectivity index (χ4v) is 3.81. The lowest BCUT2D eigenvalue weighted by molar-refractivity contribution is -0.115. The normalized spacial score (nSPS) is 10.6. The van der Waals surface area contributed by atoms with Crippen LogP contribution >= 0.6 is 12.2 Å². The number of hydrazine groups is 1. The van der Waals surface area contributed by atoms with Crippen molar-refractivity contribution in [3.63, 3.8) is 0 Å². The summed E-state index contributed by atoms with van der Waals surface area (Å²) in [5.41, 5.74) is 8.19. The molecule has 0 saturated carbocycles. The van der Waals surface area contributed by atoms with Gasteiger partial charge in [-0.25, -0.2) is 0 Å². The Kier molecular flexibility index (Phi) is 8.02. The van der Waals surface area contributed by atoms with Crippen LogP contribution in [0.5, 0.6) is 0 Å².